The van der Waals surface area contributed by atoms with Gasteiger partial charge in [-0.15, -0.1) is 0 Å². The molecule has 5 fully saturated rings. The minimum absolute atomic E-state index is 0.216. The van der Waals surface area contributed by atoms with Crippen LogP contribution in [0.3, 0.4) is 0 Å². The fraction of sp³-hybridized carbons (Fsp3) is 0.676. The summed E-state index contributed by atoms with van der Waals surface area (Å²) in [6.07, 6.45) is 5.81. The molecule has 12 atom stereocenters. The van der Waals surface area contributed by atoms with Gasteiger partial charge in [0.15, 0.2) is 17.0 Å². The van der Waals surface area contributed by atoms with E-state index in [1.54, 1.807) is 32.1 Å². The first-order valence-corrected chi connectivity index (χ1v) is 17.3. The molecule has 3 bridgehead atoms. The summed E-state index contributed by atoms with van der Waals surface area (Å²) in [6, 6.07) is 9.11. The molecule has 3 N–H and O–H groups in total. The Hall–Kier alpha value is -2.44. The number of hydrogen-bond acceptors (Lipinski definition) is 10. The van der Waals surface area contributed by atoms with Crippen LogP contribution in [0.4, 0.5) is 0 Å². The molecule has 0 amide bonds. The quantitative estimate of drug-likeness (QED) is 0.131. The zero-order chi connectivity index (χ0) is 33.6. The van der Waals surface area contributed by atoms with Crippen molar-refractivity contribution in [2.75, 3.05) is 6.61 Å². The predicted molar refractivity (Wildman–Crippen MR) is 168 cm³/mol. The van der Waals surface area contributed by atoms with E-state index < -0.39 is 88.4 Å². The summed E-state index contributed by atoms with van der Waals surface area (Å²) in [5, 5.41) is 35.1. The number of ether oxygens (including phenoxy) is 5. The number of carbonyl (C=O) groups is 2. The summed E-state index contributed by atoms with van der Waals surface area (Å²) in [7, 11) is 0. The Morgan fingerprint density at radius 3 is 2.36 bits per heavy atom. The van der Waals surface area contributed by atoms with E-state index in [2.05, 4.69) is 13.5 Å². The largest absolute Gasteiger partial charge is 0.458 e. The van der Waals surface area contributed by atoms with Gasteiger partial charge in [0, 0.05) is 23.8 Å². The molecule has 3 aliphatic heterocycles. The summed E-state index contributed by atoms with van der Waals surface area (Å²) < 4.78 is 33.7. The van der Waals surface area contributed by atoms with Gasteiger partial charge < -0.3 is 39.0 Å². The first kappa shape index (κ1) is 33.1. The molecule has 10 heteroatoms. The van der Waals surface area contributed by atoms with Gasteiger partial charge in [-0.2, -0.15) is 0 Å². The highest BCUT2D eigenvalue weighted by atomic mass is 16.9. The van der Waals surface area contributed by atoms with Crippen LogP contribution < -0.4 is 0 Å². The lowest BCUT2D eigenvalue weighted by Crippen LogP contribution is -2.79. The number of benzene rings is 1. The molecule has 6 aliphatic rings. The molecule has 256 valence electrons. The third-order valence-corrected chi connectivity index (χ3v) is 12.5. The maximum absolute atomic E-state index is 13.7. The van der Waals surface area contributed by atoms with Crippen molar-refractivity contribution in [1.82, 2.24) is 0 Å². The topological polar surface area (TPSA) is 144 Å². The lowest BCUT2D eigenvalue weighted by molar-refractivity contribution is -0.450. The van der Waals surface area contributed by atoms with Gasteiger partial charge >= 0.3 is 11.9 Å². The maximum Gasteiger partial charge on any atom is 0.314 e. The van der Waals surface area contributed by atoms with Crippen LogP contribution in [-0.4, -0.2) is 80.5 Å². The maximum atomic E-state index is 13.7. The molecule has 1 aromatic carbocycles. The molecule has 3 saturated heterocycles. The predicted octanol–water partition coefficient (Wildman–Crippen LogP) is 4.00. The molecule has 0 spiro atoms. The smallest absolute Gasteiger partial charge is 0.314 e. The third kappa shape index (κ3) is 3.98. The Bertz CT molecular complexity index is 1480. The molecule has 10 nitrogen and oxygen atoms in total. The first-order chi connectivity index (χ1) is 22.4. The van der Waals surface area contributed by atoms with E-state index in [1.807, 2.05) is 25.1 Å². The van der Waals surface area contributed by atoms with Gasteiger partial charge in [-0.1, -0.05) is 95.4 Å². The van der Waals surface area contributed by atoms with Gasteiger partial charge in [0.25, 0.3) is 0 Å². The highest BCUT2D eigenvalue weighted by Gasteiger charge is 2.92. The van der Waals surface area contributed by atoms with Crippen molar-refractivity contribution in [3.8, 4) is 0 Å². The van der Waals surface area contributed by atoms with Crippen molar-refractivity contribution in [1.29, 1.82) is 0 Å². The highest BCUT2D eigenvalue weighted by molar-refractivity contribution is 6.02. The Morgan fingerprint density at radius 2 is 1.70 bits per heavy atom. The Labute approximate surface area is 276 Å². The second kappa shape index (κ2) is 11.0. The number of unbranched alkanes of at least 4 members (excludes halogenated alkanes) is 6. The van der Waals surface area contributed by atoms with E-state index in [0.717, 1.165) is 19.3 Å². The molecule has 0 aromatic heterocycles. The van der Waals surface area contributed by atoms with Crippen LogP contribution in [0.25, 0.3) is 0 Å². The number of ketones is 1. The number of epoxide rings is 1. The Morgan fingerprint density at radius 1 is 1.02 bits per heavy atom. The Balaban J connectivity index is 1.35. The van der Waals surface area contributed by atoms with Crippen LogP contribution >= 0.6 is 0 Å². The minimum Gasteiger partial charge on any atom is -0.458 e. The number of carbonyl (C=O) groups excluding carboxylic acids is 2. The molecular weight excluding hydrogens is 604 g/mol. The lowest BCUT2D eigenvalue weighted by atomic mass is 9.48. The van der Waals surface area contributed by atoms with Crippen molar-refractivity contribution >= 4 is 11.8 Å². The van der Waals surface area contributed by atoms with Crippen LogP contribution in [0.1, 0.15) is 84.6 Å². The van der Waals surface area contributed by atoms with Gasteiger partial charge in [0.2, 0.25) is 0 Å². The van der Waals surface area contributed by atoms with Crippen molar-refractivity contribution in [2.24, 2.45) is 17.3 Å². The fourth-order valence-electron chi connectivity index (χ4n) is 9.96. The molecule has 4 unspecified atom stereocenters. The van der Waals surface area contributed by atoms with Crippen LogP contribution in [0.2, 0.25) is 0 Å². The van der Waals surface area contributed by atoms with Gasteiger partial charge in [-0.25, -0.2) is 0 Å². The number of rotatable bonds is 12. The SMILES string of the molecule is C=C(C)C12OC3(c4ccccc4)OC1[C@@H]1[C@@H]4O[C@]4(CO)[C@@H](O)[C@]4(O)C(=O)C=C[C@@]4(C)C1(O3)[C@H](C)[C@H]2OC(=O)CCCCCCCCC. The number of hydrogen-bond donors (Lipinski definition) is 3. The standard InChI is InChI=1S/C37H48O10/c1-6-7-8-9-10-11-15-18-26(40)43-28-23(4)36-27(29-33(21-38,44-29)31(41)35(42)25(39)19-20-32(35,36)5)30-34(28,22(2)3)46-37(45-30,47-36)24-16-13-12-14-17-24/h12-14,16-17,19-20,23,27-31,38,41-42H,2,6-11,15,18,21H2,1,3-5H3/t23-,27+,28-,29+,30?,31-,32-,33+,34?,35-,36?,37?/m1/s1. The van der Waals surface area contributed by atoms with Crippen LogP contribution in [0.5, 0.6) is 0 Å². The summed E-state index contributed by atoms with van der Waals surface area (Å²) in [5.41, 5.74) is -7.63. The van der Waals surface area contributed by atoms with Gasteiger partial charge in [-0.3, -0.25) is 9.59 Å². The average Bonchev–Trinajstić information content (AvgIpc) is 3.68. The van der Waals surface area contributed by atoms with Gasteiger partial charge in [-0.05, 0) is 31.9 Å². The molecule has 2 saturated carbocycles. The summed E-state index contributed by atoms with van der Waals surface area (Å²) >= 11 is 0. The van der Waals surface area contributed by atoms with E-state index in [-0.39, 0.29) is 6.42 Å². The van der Waals surface area contributed by atoms with Crippen molar-refractivity contribution in [2.45, 2.75) is 132 Å². The third-order valence-electron chi connectivity index (χ3n) is 12.5. The molecule has 1 aromatic rings. The summed E-state index contributed by atoms with van der Waals surface area (Å²) in [5.74, 6) is -4.50. The molecule has 0 radical (unpaired) electrons. The van der Waals surface area contributed by atoms with E-state index in [0.29, 0.717) is 17.6 Å². The van der Waals surface area contributed by atoms with Crippen molar-refractivity contribution in [3.63, 3.8) is 0 Å². The summed E-state index contributed by atoms with van der Waals surface area (Å²) in [4.78, 5) is 27.4. The average molecular weight is 653 g/mol. The van der Waals surface area contributed by atoms with Crippen LogP contribution in [0, 0.1) is 17.3 Å². The van der Waals surface area contributed by atoms with Gasteiger partial charge in [0.1, 0.15) is 35.6 Å². The van der Waals surface area contributed by atoms with Crippen molar-refractivity contribution < 1.29 is 48.6 Å². The van der Waals surface area contributed by atoms with Crippen molar-refractivity contribution in [3.05, 3.63) is 60.2 Å². The number of aliphatic hydroxyl groups excluding tert-OH is 2. The first-order valence-electron chi connectivity index (χ1n) is 17.3. The van der Waals surface area contributed by atoms with E-state index in [9.17, 15) is 24.9 Å². The summed E-state index contributed by atoms with van der Waals surface area (Å²) in [6.45, 7) is 11.2. The van der Waals surface area contributed by atoms with E-state index in [1.165, 1.54) is 25.3 Å². The highest BCUT2D eigenvalue weighted by Crippen LogP contribution is 2.76. The number of esters is 1. The number of aliphatic hydroxyl groups is 3. The molecular formula is C37H48O10. The van der Waals surface area contributed by atoms with Crippen LogP contribution in [0.15, 0.2) is 54.6 Å². The molecule has 3 aliphatic carbocycles. The number of fused-ring (bicyclic) bond motifs is 3. The minimum atomic E-state index is -2.45. The fourth-order valence-corrected chi connectivity index (χ4v) is 9.96. The molecule has 3 heterocycles. The Kier molecular flexibility index (Phi) is 7.77. The lowest BCUT2D eigenvalue weighted by Gasteiger charge is -2.64. The zero-order valence-corrected chi connectivity index (χ0v) is 27.8. The monoisotopic (exact) mass is 652 g/mol. The van der Waals surface area contributed by atoms with E-state index >= 15 is 0 Å². The molecule has 7 rings (SSSR count). The van der Waals surface area contributed by atoms with Crippen LogP contribution in [-0.2, 0) is 39.2 Å². The van der Waals surface area contributed by atoms with E-state index in [4.69, 9.17) is 23.7 Å². The zero-order valence-electron chi connectivity index (χ0n) is 27.8. The second-order valence-corrected chi connectivity index (χ2v) is 14.8. The molecule has 47 heavy (non-hydrogen) atoms. The normalized spacial score (nSPS) is 46.8. The second-order valence-electron chi connectivity index (χ2n) is 14.8. The van der Waals surface area contributed by atoms with Gasteiger partial charge in [0.05, 0.1) is 12.0 Å².